The zero-order valence-corrected chi connectivity index (χ0v) is 43.7. The number of carbonyl (C=O) groups excluding carboxylic acids is 4. The lowest BCUT2D eigenvalue weighted by molar-refractivity contribution is -0.172. The highest BCUT2D eigenvalue weighted by atomic mass is 16.6. The minimum Gasteiger partial charge on any atom is -0.478 e. The Morgan fingerprint density at radius 1 is 0.649 bits per heavy atom. The molecule has 4 aromatic carbocycles. The van der Waals surface area contributed by atoms with Gasteiger partial charge in [0.2, 0.25) is 0 Å². The van der Waals surface area contributed by atoms with E-state index < -0.39 is 53.6 Å². The van der Waals surface area contributed by atoms with Gasteiger partial charge < -0.3 is 45.7 Å². The van der Waals surface area contributed by atoms with Crippen molar-refractivity contribution in [3.8, 4) is 11.5 Å². The number of anilines is 2. The molecular weight excluding hydrogens is 941 g/mol. The van der Waals surface area contributed by atoms with E-state index in [0.29, 0.717) is 73.5 Å². The van der Waals surface area contributed by atoms with Gasteiger partial charge in [-0.2, -0.15) is 0 Å². The predicted molar refractivity (Wildman–Crippen MR) is 281 cm³/mol. The van der Waals surface area contributed by atoms with Gasteiger partial charge in [-0.3, -0.25) is 9.59 Å². The van der Waals surface area contributed by atoms with Crippen LogP contribution >= 0.6 is 0 Å². The molecule has 15 heteroatoms. The highest BCUT2D eigenvalue weighted by Crippen LogP contribution is 2.68. The molecule has 2 amide bonds. The van der Waals surface area contributed by atoms with Crippen LogP contribution in [0.1, 0.15) is 175 Å². The molecule has 8 rings (SSSR count). The van der Waals surface area contributed by atoms with Crippen LogP contribution < -0.4 is 26.0 Å². The van der Waals surface area contributed by atoms with Gasteiger partial charge in [0.25, 0.3) is 11.8 Å². The second kappa shape index (κ2) is 21.6. The second-order valence-corrected chi connectivity index (χ2v) is 21.7. The van der Waals surface area contributed by atoms with Crippen LogP contribution in [0.4, 0.5) is 11.4 Å². The Balaban J connectivity index is 0.997. The standard InChI is InChI=1S/C59H72N4O11/c1-8-59(60,9-2)62-52(65)44-30-35(14-24-43(44)53(66)67)55(70)73-41-26-28-58(7)48-27-29-57(6)34(5)12-25-47(57)46(48)33-50(49(58)32-41)74-56(71)36-13-23-42(45(31-36)54(68)69)51(64)61-37-15-19-39(20-16-37)72-40-21-17-38(18-22-40)63(10-3)11-4/h13-24,30-31,34,41,46-50H,8-12,25-29,32-33,60H2,1-7H3,(H,61,64)(H,62,65)(H,66,67)(H,68,69). The van der Waals surface area contributed by atoms with Crippen LogP contribution in [0, 0.1) is 40.4 Å². The number of esters is 2. The maximum atomic E-state index is 14.4. The summed E-state index contributed by atoms with van der Waals surface area (Å²) < 4.78 is 18.8. The molecular formula is C59H72N4O11. The Hall–Kier alpha value is -6.74. The van der Waals surface area contributed by atoms with Crippen molar-refractivity contribution in [3.63, 3.8) is 0 Å². The van der Waals surface area contributed by atoms with Gasteiger partial charge in [-0.25, -0.2) is 19.2 Å². The van der Waals surface area contributed by atoms with E-state index in [0.717, 1.165) is 44.5 Å². The largest absolute Gasteiger partial charge is 0.478 e. The van der Waals surface area contributed by atoms with E-state index in [2.05, 4.69) is 50.2 Å². The van der Waals surface area contributed by atoms with Gasteiger partial charge in [-0.05, 0) is 197 Å². The summed E-state index contributed by atoms with van der Waals surface area (Å²) in [4.78, 5) is 82.7. The van der Waals surface area contributed by atoms with Crippen LogP contribution in [0.5, 0.6) is 11.5 Å². The minimum atomic E-state index is -1.39. The van der Waals surface area contributed by atoms with Crippen LogP contribution in [0.25, 0.3) is 0 Å². The molecule has 4 fully saturated rings. The Bertz CT molecular complexity index is 2770. The number of carboxylic acid groups (broad SMARTS) is 2. The van der Waals surface area contributed by atoms with E-state index in [1.165, 1.54) is 36.4 Å². The van der Waals surface area contributed by atoms with Crippen molar-refractivity contribution in [2.45, 2.75) is 131 Å². The average Bonchev–Trinajstić information content (AvgIpc) is 3.71. The molecule has 6 N–H and O–H groups in total. The number of carboxylic acids is 2. The number of nitrogens with two attached hydrogens (primary N) is 1. The summed E-state index contributed by atoms with van der Waals surface area (Å²) in [5.74, 6) is -2.91. The highest BCUT2D eigenvalue weighted by Gasteiger charge is 2.62. The lowest BCUT2D eigenvalue weighted by Crippen LogP contribution is -2.59. The highest BCUT2D eigenvalue weighted by molar-refractivity contribution is 6.11. The van der Waals surface area contributed by atoms with Gasteiger partial charge in [0.15, 0.2) is 0 Å². The maximum absolute atomic E-state index is 14.4. The van der Waals surface area contributed by atoms with Crippen molar-refractivity contribution >= 4 is 47.1 Å². The maximum Gasteiger partial charge on any atom is 0.338 e. The summed E-state index contributed by atoms with van der Waals surface area (Å²) in [6.45, 7) is 16.7. The number of carbonyl (C=O) groups is 6. The minimum absolute atomic E-state index is 0.00874. The number of nitrogens with zero attached hydrogens (tertiary/aromatic N) is 1. The smallest absolute Gasteiger partial charge is 0.338 e. The lowest BCUT2D eigenvalue weighted by Gasteiger charge is -2.62. The Kier molecular flexibility index (Phi) is 15.6. The number of ether oxygens (including phenoxy) is 3. The molecule has 4 aliphatic carbocycles. The molecule has 0 aliphatic heterocycles. The fourth-order valence-electron chi connectivity index (χ4n) is 13.2. The van der Waals surface area contributed by atoms with E-state index in [-0.39, 0.29) is 56.0 Å². The van der Waals surface area contributed by atoms with Crippen molar-refractivity contribution in [1.82, 2.24) is 5.32 Å². The summed E-state index contributed by atoms with van der Waals surface area (Å²) in [6.07, 6.45) is 6.26. The predicted octanol–water partition coefficient (Wildman–Crippen LogP) is 11.2. The van der Waals surface area contributed by atoms with Crippen LogP contribution in [-0.2, 0) is 9.47 Å². The van der Waals surface area contributed by atoms with Gasteiger partial charge in [-0.15, -0.1) is 0 Å². The molecule has 15 nitrogen and oxygen atoms in total. The first-order chi connectivity index (χ1) is 35.2. The van der Waals surface area contributed by atoms with Crippen LogP contribution in [-0.4, -0.2) is 76.9 Å². The van der Waals surface area contributed by atoms with E-state index in [1.54, 1.807) is 24.3 Å². The van der Waals surface area contributed by atoms with E-state index in [1.807, 2.05) is 38.1 Å². The first-order valence-corrected chi connectivity index (χ1v) is 26.5. The number of aromatic carboxylic acids is 2. The van der Waals surface area contributed by atoms with E-state index >= 15 is 0 Å². The third kappa shape index (κ3) is 10.6. The second-order valence-electron chi connectivity index (χ2n) is 21.7. The SMILES string of the molecule is CCN(CC)c1ccc(Oc2ccc(NC(=O)c3ccc(C(=O)OC4CC5C6CCC(C)C6(C)CCC5C5(C)CCC(OC(=O)c6ccc(C(=O)O)c(C(=O)NC(N)(CC)CC)c6)CC45)cc3C(=O)O)cc2)cc1. The van der Waals surface area contributed by atoms with Gasteiger partial charge in [-0.1, -0.05) is 34.6 Å². The average molecular weight is 1010 g/mol. The molecule has 0 saturated heterocycles. The number of rotatable bonds is 17. The zero-order valence-electron chi connectivity index (χ0n) is 43.7. The number of amides is 2. The number of nitrogens with one attached hydrogen (secondary N) is 2. The van der Waals surface area contributed by atoms with Gasteiger partial charge >= 0.3 is 23.9 Å². The van der Waals surface area contributed by atoms with Crippen molar-refractivity contribution in [2.75, 3.05) is 23.3 Å². The molecule has 4 saturated carbocycles. The summed E-state index contributed by atoms with van der Waals surface area (Å²) >= 11 is 0. The lowest BCUT2D eigenvalue weighted by atomic mass is 9.44. The fourth-order valence-corrected chi connectivity index (χ4v) is 13.2. The van der Waals surface area contributed by atoms with E-state index in [9.17, 15) is 39.0 Å². The molecule has 0 aromatic heterocycles. The van der Waals surface area contributed by atoms with Crippen LogP contribution in [0.15, 0.2) is 84.9 Å². The Morgan fingerprint density at radius 2 is 1.22 bits per heavy atom. The molecule has 4 aliphatic rings. The number of fused-ring (bicyclic) bond motifs is 5. The third-order valence-corrected chi connectivity index (χ3v) is 18.0. The van der Waals surface area contributed by atoms with E-state index in [4.69, 9.17) is 19.9 Å². The third-order valence-electron chi connectivity index (χ3n) is 18.0. The summed E-state index contributed by atoms with van der Waals surface area (Å²) in [7, 11) is 0. The summed E-state index contributed by atoms with van der Waals surface area (Å²) in [6, 6.07) is 22.2. The summed E-state index contributed by atoms with van der Waals surface area (Å²) in [5, 5.41) is 25.8. The number of benzene rings is 4. The first kappa shape index (κ1) is 53.5. The van der Waals surface area contributed by atoms with Crippen LogP contribution in [0.2, 0.25) is 0 Å². The van der Waals surface area contributed by atoms with Gasteiger partial charge in [0.05, 0.1) is 39.0 Å². The van der Waals surface area contributed by atoms with Crippen LogP contribution in [0.3, 0.4) is 0 Å². The van der Waals surface area contributed by atoms with Crippen molar-refractivity contribution in [2.24, 2.45) is 46.2 Å². The summed E-state index contributed by atoms with van der Waals surface area (Å²) in [5.41, 5.74) is 5.69. The molecule has 9 unspecified atom stereocenters. The molecule has 0 bridgehead atoms. The number of hydrogen-bond donors (Lipinski definition) is 5. The van der Waals surface area contributed by atoms with Crippen molar-refractivity contribution < 1.29 is 53.2 Å². The van der Waals surface area contributed by atoms with Crippen molar-refractivity contribution in [3.05, 3.63) is 118 Å². The topological polar surface area (TPSA) is 224 Å². The molecule has 74 heavy (non-hydrogen) atoms. The molecule has 394 valence electrons. The molecule has 0 heterocycles. The monoisotopic (exact) mass is 1010 g/mol. The normalized spacial score (nSPS) is 26.0. The number of hydrogen-bond acceptors (Lipinski definition) is 11. The van der Waals surface area contributed by atoms with Gasteiger partial charge in [0.1, 0.15) is 23.7 Å². The fraction of sp³-hybridized carbons (Fsp3) is 0.492. The molecule has 0 spiro atoms. The van der Waals surface area contributed by atoms with Gasteiger partial charge in [0, 0.05) is 30.4 Å². The Labute approximate surface area is 433 Å². The zero-order chi connectivity index (χ0) is 53.3. The van der Waals surface area contributed by atoms with Crippen molar-refractivity contribution in [1.29, 1.82) is 0 Å². The molecule has 0 radical (unpaired) electrons. The molecule has 9 atom stereocenters. The quantitative estimate of drug-likeness (QED) is 0.0491. The molecule has 4 aromatic rings. The Morgan fingerprint density at radius 3 is 1.82 bits per heavy atom. The first-order valence-electron chi connectivity index (χ1n) is 26.5.